The summed E-state index contributed by atoms with van der Waals surface area (Å²) in [5.74, 6) is 0.805. The van der Waals surface area contributed by atoms with Gasteiger partial charge in [-0.15, -0.1) is 0 Å². The van der Waals surface area contributed by atoms with Crippen molar-refractivity contribution in [3.8, 4) is 10.8 Å². The molecule has 0 atom stereocenters. The van der Waals surface area contributed by atoms with E-state index in [1.54, 1.807) is 6.20 Å². The monoisotopic (exact) mass is 206 g/mol. The zero-order valence-corrected chi connectivity index (χ0v) is 8.54. The summed E-state index contributed by atoms with van der Waals surface area (Å²) in [6, 6.07) is 7.84. The number of aromatic nitrogens is 1. The van der Waals surface area contributed by atoms with E-state index in [1.807, 2.05) is 31.2 Å². The molecule has 3 nitrogen and oxygen atoms in total. The summed E-state index contributed by atoms with van der Waals surface area (Å²) in [5.41, 5.74) is 6.69. The number of ether oxygens (including phenoxy) is 1. The zero-order valence-electron chi connectivity index (χ0n) is 7.73. The number of benzene rings is 1. The van der Waals surface area contributed by atoms with Gasteiger partial charge in [0, 0.05) is 0 Å². The quantitative estimate of drug-likeness (QED) is 0.821. The van der Waals surface area contributed by atoms with Crippen molar-refractivity contribution in [3.05, 3.63) is 36.0 Å². The van der Waals surface area contributed by atoms with Crippen molar-refractivity contribution in [2.75, 3.05) is 5.73 Å². The fraction of sp³-hybridized carbons (Fsp3) is 0.100. The maximum atomic E-state index is 5.53. The van der Waals surface area contributed by atoms with Gasteiger partial charge in [-0.2, -0.15) is 0 Å². The fourth-order valence-electron chi connectivity index (χ4n) is 1.04. The van der Waals surface area contributed by atoms with Crippen molar-refractivity contribution in [1.29, 1.82) is 0 Å². The Labute approximate surface area is 86.2 Å². The van der Waals surface area contributed by atoms with E-state index in [1.165, 1.54) is 16.9 Å². The Morgan fingerprint density at radius 1 is 1.29 bits per heavy atom. The second-order valence-electron chi connectivity index (χ2n) is 2.93. The highest BCUT2D eigenvalue weighted by molar-refractivity contribution is 7.17. The zero-order chi connectivity index (χ0) is 9.97. The van der Waals surface area contributed by atoms with Crippen LogP contribution in [0, 0.1) is 6.92 Å². The predicted molar refractivity (Wildman–Crippen MR) is 57.8 cm³/mol. The summed E-state index contributed by atoms with van der Waals surface area (Å²) in [7, 11) is 0. The lowest BCUT2D eigenvalue weighted by Crippen LogP contribution is -1.80. The Morgan fingerprint density at radius 2 is 2.00 bits per heavy atom. The molecule has 0 saturated carbocycles. The number of thiazole rings is 1. The minimum Gasteiger partial charge on any atom is -0.445 e. The second kappa shape index (κ2) is 3.67. The third kappa shape index (κ3) is 2.03. The van der Waals surface area contributed by atoms with Crippen molar-refractivity contribution in [2.24, 2.45) is 0 Å². The van der Waals surface area contributed by atoms with Crippen LogP contribution in [0.1, 0.15) is 5.56 Å². The van der Waals surface area contributed by atoms with Crippen LogP contribution in [0.4, 0.5) is 5.13 Å². The van der Waals surface area contributed by atoms with Crippen molar-refractivity contribution in [3.63, 3.8) is 0 Å². The average Bonchev–Trinajstić information content (AvgIpc) is 2.56. The van der Waals surface area contributed by atoms with Crippen LogP contribution in [-0.4, -0.2) is 4.98 Å². The molecule has 0 aliphatic heterocycles. The van der Waals surface area contributed by atoms with E-state index in [0.29, 0.717) is 10.2 Å². The SMILES string of the molecule is Cc1ccc(Oc2cnc(N)s2)cc1. The van der Waals surface area contributed by atoms with Crippen LogP contribution in [0.25, 0.3) is 0 Å². The number of anilines is 1. The van der Waals surface area contributed by atoms with Crippen molar-refractivity contribution >= 4 is 16.5 Å². The lowest BCUT2D eigenvalue weighted by Gasteiger charge is -2.01. The van der Waals surface area contributed by atoms with Gasteiger partial charge in [0.25, 0.3) is 0 Å². The average molecular weight is 206 g/mol. The van der Waals surface area contributed by atoms with Gasteiger partial charge in [0.2, 0.25) is 5.06 Å². The number of hydrogen-bond acceptors (Lipinski definition) is 4. The van der Waals surface area contributed by atoms with E-state index in [9.17, 15) is 0 Å². The lowest BCUT2D eigenvalue weighted by molar-refractivity contribution is 0.495. The highest BCUT2D eigenvalue weighted by atomic mass is 32.1. The van der Waals surface area contributed by atoms with Crippen molar-refractivity contribution < 1.29 is 4.74 Å². The molecular weight excluding hydrogens is 196 g/mol. The van der Waals surface area contributed by atoms with Crippen LogP contribution in [0.5, 0.6) is 10.8 Å². The van der Waals surface area contributed by atoms with Gasteiger partial charge in [-0.05, 0) is 19.1 Å². The number of aryl methyl sites for hydroxylation is 1. The van der Waals surface area contributed by atoms with Gasteiger partial charge in [-0.3, -0.25) is 0 Å². The summed E-state index contributed by atoms with van der Waals surface area (Å²) in [4.78, 5) is 3.90. The minimum atomic E-state index is 0.520. The van der Waals surface area contributed by atoms with Gasteiger partial charge in [-0.25, -0.2) is 4.98 Å². The molecule has 0 unspecified atom stereocenters. The first-order valence-corrected chi connectivity index (χ1v) is 5.01. The van der Waals surface area contributed by atoms with E-state index < -0.39 is 0 Å². The predicted octanol–water partition coefficient (Wildman–Crippen LogP) is 2.83. The molecule has 0 aliphatic rings. The van der Waals surface area contributed by atoms with Gasteiger partial charge in [-0.1, -0.05) is 29.0 Å². The normalized spacial score (nSPS) is 10.1. The van der Waals surface area contributed by atoms with E-state index in [0.717, 1.165) is 5.75 Å². The summed E-state index contributed by atoms with van der Waals surface area (Å²) >= 11 is 1.33. The first-order chi connectivity index (χ1) is 6.74. The molecule has 72 valence electrons. The molecule has 2 rings (SSSR count). The summed E-state index contributed by atoms with van der Waals surface area (Å²) in [6.07, 6.45) is 1.62. The maximum absolute atomic E-state index is 5.53. The van der Waals surface area contributed by atoms with Crippen LogP contribution in [-0.2, 0) is 0 Å². The largest absolute Gasteiger partial charge is 0.445 e. The van der Waals surface area contributed by atoms with Gasteiger partial charge in [0.1, 0.15) is 5.75 Å². The first kappa shape index (κ1) is 9.02. The fourth-order valence-corrected chi connectivity index (χ4v) is 1.60. The Bertz CT molecular complexity index is 422. The molecule has 4 heteroatoms. The van der Waals surface area contributed by atoms with Crippen molar-refractivity contribution in [2.45, 2.75) is 6.92 Å². The maximum Gasteiger partial charge on any atom is 0.202 e. The van der Waals surface area contributed by atoms with Crippen LogP contribution in [0.15, 0.2) is 30.5 Å². The number of rotatable bonds is 2. The summed E-state index contributed by atoms with van der Waals surface area (Å²) in [6.45, 7) is 2.04. The van der Waals surface area contributed by atoms with E-state index in [-0.39, 0.29) is 0 Å². The second-order valence-corrected chi connectivity index (χ2v) is 3.96. The molecule has 1 aromatic heterocycles. The van der Waals surface area contributed by atoms with Crippen LogP contribution >= 0.6 is 11.3 Å². The van der Waals surface area contributed by atoms with Gasteiger partial charge in [0.05, 0.1) is 6.20 Å². The molecule has 14 heavy (non-hydrogen) atoms. The number of nitrogens with two attached hydrogens (primary N) is 1. The summed E-state index contributed by atoms with van der Waals surface area (Å²) in [5, 5.41) is 1.23. The van der Waals surface area contributed by atoms with Gasteiger partial charge >= 0.3 is 0 Å². The lowest BCUT2D eigenvalue weighted by atomic mass is 10.2. The molecule has 0 amide bonds. The number of nitrogen functional groups attached to an aromatic ring is 1. The van der Waals surface area contributed by atoms with Gasteiger partial charge in [0.15, 0.2) is 5.13 Å². The highest BCUT2D eigenvalue weighted by Crippen LogP contribution is 2.28. The molecule has 0 fully saturated rings. The molecule has 1 aromatic carbocycles. The molecule has 0 radical (unpaired) electrons. The van der Waals surface area contributed by atoms with Crippen LogP contribution < -0.4 is 10.5 Å². The Morgan fingerprint density at radius 3 is 2.57 bits per heavy atom. The first-order valence-electron chi connectivity index (χ1n) is 4.20. The van der Waals surface area contributed by atoms with E-state index in [2.05, 4.69) is 4.98 Å². The molecule has 0 spiro atoms. The van der Waals surface area contributed by atoms with E-state index in [4.69, 9.17) is 10.5 Å². The van der Waals surface area contributed by atoms with E-state index >= 15 is 0 Å². The molecule has 2 aromatic rings. The number of hydrogen-bond donors (Lipinski definition) is 1. The third-order valence-electron chi connectivity index (χ3n) is 1.74. The van der Waals surface area contributed by atoms with Gasteiger partial charge < -0.3 is 10.5 Å². The standard InChI is InChI=1S/C10H10N2OS/c1-7-2-4-8(5-3-7)13-9-6-12-10(11)14-9/h2-6H,1H3,(H2,11,12). The molecule has 0 bridgehead atoms. The number of nitrogens with zero attached hydrogens (tertiary/aromatic N) is 1. The molecule has 2 N–H and O–H groups in total. The van der Waals surface area contributed by atoms with Crippen LogP contribution in [0.2, 0.25) is 0 Å². The molecule has 1 heterocycles. The molecular formula is C10H10N2OS. The Balaban J connectivity index is 2.15. The third-order valence-corrected chi connectivity index (χ3v) is 2.45. The van der Waals surface area contributed by atoms with Crippen LogP contribution in [0.3, 0.4) is 0 Å². The Hall–Kier alpha value is -1.55. The smallest absolute Gasteiger partial charge is 0.202 e. The topological polar surface area (TPSA) is 48.1 Å². The molecule has 0 saturated heterocycles. The highest BCUT2D eigenvalue weighted by Gasteiger charge is 2.00. The Kier molecular flexibility index (Phi) is 2.37. The summed E-state index contributed by atoms with van der Waals surface area (Å²) < 4.78 is 5.53. The van der Waals surface area contributed by atoms with Crippen molar-refractivity contribution in [1.82, 2.24) is 4.98 Å². The minimum absolute atomic E-state index is 0.520. The molecule has 0 aliphatic carbocycles.